The van der Waals surface area contributed by atoms with Crippen molar-refractivity contribution in [1.29, 1.82) is 0 Å². The number of imidazole rings is 1. The standard InChI is InChI=1S/C15H21N5O/c1-10(2)14-13-12(18-9-19-13)4-5-20(14)8-11-6-16-15(21-3)17-7-11/h6-7,9-10,14H,4-5,8H2,1-3H3,(H,18,19)/t14-/m0/s1. The molecular weight excluding hydrogens is 266 g/mol. The smallest absolute Gasteiger partial charge is 0.316 e. The van der Waals surface area contributed by atoms with Crippen molar-refractivity contribution in [1.82, 2.24) is 24.8 Å². The van der Waals surface area contributed by atoms with Crippen LogP contribution in [0.2, 0.25) is 0 Å². The van der Waals surface area contributed by atoms with Crippen LogP contribution in [0.15, 0.2) is 18.7 Å². The average Bonchev–Trinajstić information content (AvgIpc) is 2.95. The van der Waals surface area contributed by atoms with Crippen molar-refractivity contribution in [3.8, 4) is 6.01 Å². The van der Waals surface area contributed by atoms with E-state index in [0.717, 1.165) is 25.1 Å². The molecule has 0 amide bonds. The lowest BCUT2D eigenvalue weighted by Crippen LogP contribution is -2.37. The Kier molecular flexibility index (Phi) is 3.88. The van der Waals surface area contributed by atoms with Gasteiger partial charge < -0.3 is 9.72 Å². The maximum absolute atomic E-state index is 5.00. The summed E-state index contributed by atoms with van der Waals surface area (Å²) >= 11 is 0. The highest BCUT2D eigenvalue weighted by Gasteiger charge is 2.31. The molecule has 0 saturated carbocycles. The highest BCUT2D eigenvalue weighted by Crippen LogP contribution is 2.34. The Morgan fingerprint density at radius 2 is 2.10 bits per heavy atom. The molecule has 0 unspecified atom stereocenters. The van der Waals surface area contributed by atoms with Crippen molar-refractivity contribution in [2.75, 3.05) is 13.7 Å². The fraction of sp³-hybridized carbons (Fsp3) is 0.533. The predicted molar refractivity (Wildman–Crippen MR) is 78.9 cm³/mol. The summed E-state index contributed by atoms with van der Waals surface area (Å²) in [5, 5.41) is 0. The van der Waals surface area contributed by atoms with E-state index in [1.54, 1.807) is 13.4 Å². The average molecular weight is 287 g/mol. The van der Waals surface area contributed by atoms with E-state index in [1.165, 1.54) is 11.4 Å². The Hall–Kier alpha value is -1.95. The summed E-state index contributed by atoms with van der Waals surface area (Å²) in [6, 6.07) is 0.745. The lowest BCUT2D eigenvalue weighted by atomic mass is 9.93. The largest absolute Gasteiger partial charge is 0.467 e. The molecule has 0 spiro atoms. The summed E-state index contributed by atoms with van der Waals surface area (Å²) in [7, 11) is 1.58. The fourth-order valence-corrected chi connectivity index (χ4v) is 3.03. The molecule has 1 aliphatic heterocycles. The molecule has 3 rings (SSSR count). The van der Waals surface area contributed by atoms with E-state index in [4.69, 9.17) is 4.74 Å². The van der Waals surface area contributed by atoms with Crippen LogP contribution >= 0.6 is 0 Å². The molecule has 0 saturated heterocycles. The molecule has 1 aliphatic rings. The maximum atomic E-state index is 5.00. The second-order valence-electron chi connectivity index (χ2n) is 5.75. The first-order valence-electron chi connectivity index (χ1n) is 7.30. The van der Waals surface area contributed by atoms with E-state index in [2.05, 4.69) is 38.7 Å². The van der Waals surface area contributed by atoms with Crippen molar-refractivity contribution >= 4 is 0 Å². The molecule has 3 heterocycles. The monoisotopic (exact) mass is 287 g/mol. The molecule has 6 nitrogen and oxygen atoms in total. The van der Waals surface area contributed by atoms with Crippen LogP contribution in [-0.2, 0) is 13.0 Å². The number of aromatic amines is 1. The Morgan fingerprint density at radius 1 is 1.33 bits per heavy atom. The van der Waals surface area contributed by atoms with Crippen LogP contribution in [-0.4, -0.2) is 38.5 Å². The first-order valence-corrected chi connectivity index (χ1v) is 7.30. The maximum Gasteiger partial charge on any atom is 0.316 e. The van der Waals surface area contributed by atoms with Crippen LogP contribution in [0.5, 0.6) is 6.01 Å². The summed E-state index contributed by atoms with van der Waals surface area (Å²) in [6.07, 6.45) is 6.49. The first kappa shape index (κ1) is 14.0. The molecule has 0 bridgehead atoms. The summed E-state index contributed by atoms with van der Waals surface area (Å²) in [5.41, 5.74) is 3.56. The summed E-state index contributed by atoms with van der Waals surface area (Å²) in [5.74, 6) is 0.506. The van der Waals surface area contributed by atoms with Gasteiger partial charge >= 0.3 is 6.01 Å². The number of nitrogens with one attached hydrogen (secondary N) is 1. The molecule has 0 fully saturated rings. The minimum absolute atomic E-state index is 0.335. The van der Waals surface area contributed by atoms with Gasteiger partial charge in [-0.3, -0.25) is 4.90 Å². The van der Waals surface area contributed by atoms with Gasteiger partial charge in [0.15, 0.2) is 0 Å². The SMILES string of the molecule is COc1ncc(CN2CCc3[nH]cnc3[C@@H]2C(C)C)cn1. The number of fused-ring (bicyclic) bond motifs is 1. The van der Waals surface area contributed by atoms with Crippen molar-refractivity contribution < 1.29 is 4.74 Å². The third kappa shape index (κ3) is 2.76. The summed E-state index contributed by atoms with van der Waals surface area (Å²) in [6.45, 7) is 6.33. The zero-order valence-electron chi connectivity index (χ0n) is 12.7. The number of rotatable bonds is 4. The predicted octanol–water partition coefficient (Wildman–Crippen LogP) is 1.96. The summed E-state index contributed by atoms with van der Waals surface area (Å²) in [4.78, 5) is 18.6. The molecule has 21 heavy (non-hydrogen) atoms. The Labute approximate surface area is 124 Å². The second kappa shape index (κ2) is 5.81. The summed E-state index contributed by atoms with van der Waals surface area (Å²) < 4.78 is 5.00. The topological polar surface area (TPSA) is 66.9 Å². The third-order valence-electron chi connectivity index (χ3n) is 3.96. The number of hydrogen-bond acceptors (Lipinski definition) is 5. The molecular formula is C15H21N5O. The number of aromatic nitrogens is 4. The molecule has 0 radical (unpaired) electrons. The normalized spacial score (nSPS) is 18.8. The van der Waals surface area contributed by atoms with E-state index >= 15 is 0 Å². The van der Waals surface area contributed by atoms with Gasteiger partial charge in [-0.25, -0.2) is 15.0 Å². The Morgan fingerprint density at radius 3 is 2.76 bits per heavy atom. The van der Waals surface area contributed by atoms with Crippen LogP contribution < -0.4 is 4.74 Å². The zero-order valence-corrected chi connectivity index (χ0v) is 12.7. The van der Waals surface area contributed by atoms with Gasteiger partial charge in [0.25, 0.3) is 0 Å². The van der Waals surface area contributed by atoms with Gasteiger partial charge in [-0.15, -0.1) is 0 Å². The number of H-pyrrole nitrogens is 1. The van der Waals surface area contributed by atoms with Gasteiger partial charge in [-0.05, 0) is 5.92 Å². The zero-order chi connectivity index (χ0) is 14.8. The van der Waals surface area contributed by atoms with E-state index in [1.807, 2.05) is 12.4 Å². The molecule has 2 aromatic heterocycles. The van der Waals surface area contributed by atoms with Crippen molar-refractivity contribution in [2.24, 2.45) is 5.92 Å². The molecule has 112 valence electrons. The van der Waals surface area contributed by atoms with E-state index < -0.39 is 0 Å². The number of methoxy groups -OCH3 is 1. The molecule has 0 aliphatic carbocycles. The minimum Gasteiger partial charge on any atom is -0.467 e. The lowest BCUT2D eigenvalue weighted by molar-refractivity contribution is 0.131. The van der Waals surface area contributed by atoms with Gasteiger partial charge in [-0.2, -0.15) is 0 Å². The van der Waals surface area contributed by atoms with Crippen LogP contribution in [0.1, 0.15) is 36.8 Å². The van der Waals surface area contributed by atoms with E-state index in [9.17, 15) is 0 Å². The Bertz CT molecular complexity index is 592. The van der Waals surface area contributed by atoms with Crippen LogP contribution in [0.3, 0.4) is 0 Å². The number of hydrogen-bond donors (Lipinski definition) is 1. The van der Waals surface area contributed by atoms with Crippen LogP contribution in [0.25, 0.3) is 0 Å². The van der Waals surface area contributed by atoms with Gasteiger partial charge in [0.2, 0.25) is 0 Å². The quantitative estimate of drug-likeness (QED) is 0.931. The van der Waals surface area contributed by atoms with E-state index in [0.29, 0.717) is 18.0 Å². The van der Waals surface area contributed by atoms with Gasteiger partial charge in [0, 0.05) is 43.2 Å². The second-order valence-corrected chi connectivity index (χ2v) is 5.75. The minimum atomic E-state index is 0.335. The lowest BCUT2D eigenvalue weighted by Gasteiger charge is -2.37. The first-order chi connectivity index (χ1) is 10.2. The molecule has 6 heteroatoms. The Balaban J connectivity index is 1.81. The number of nitrogens with zero attached hydrogens (tertiary/aromatic N) is 4. The molecule has 1 N–H and O–H groups in total. The molecule has 0 aromatic carbocycles. The van der Waals surface area contributed by atoms with Gasteiger partial charge in [0.1, 0.15) is 0 Å². The molecule has 1 atom stereocenters. The van der Waals surface area contributed by atoms with Crippen molar-refractivity contribution in [3.05, 3.63) is 35.7 Å². The van der Waals surface area contributed by atoms with Crippen molar-refractivity contribution in [2.45, 2.75) is 32.9 Å². The third-order valence-corrected chi connectivity index (χ3v) is 3.96. The fourth-order valence-electron chi connectivity index (χ4n) is 3.03. The highest BCUT2D eigenvalue weighted by molar-refractivity contribution is 5.21. The van der Waals surface area contributed by atoms with Crippen LogP contribution in [0.4, 0.5) is 0 Å². The molecule has 2 aromatic rings. The van der Waals surface area contributed by atoms with Gasteiger partial charge in [0.05, 0.1) is 25.2 Å². The van der Waals surface area contributed by atoms with Crippen LogP contribution in [0, 0.1) is 5.92 Å². The van der Waals surface area contributed by atoms with Crippen molar-refractivity contribution in [3.63, 3.8) is 0 Å². The van der Waals surface area contributed by atoms with Gasteiger partial charge in [-0.1, -0.05) is 13.8 Å². The highest BCUT2D eigenvalue weighted by atomic mass is 16.5. The number of ether oxygens (including phenoxy) is 1. The van der Waals surface area contributed by atoms with E-state index in [-0.39, 0.29) is 0 Å².